The van der Waals surface area contributed by atoms with Gasteiger partial charge in [0.05, 0.1) is 6.61 Å². The molecule has 1 atom stereocenters. The molecule has 156 valence electrons. The first-order valence-corrected chi connectivity index (χ1v) is 9.84. The molecule has 1 unspecified atom stereocenters. The van der Waals surface area contributed by atoms with E-state index >= 15 is 0 Å². The van der Waals surface area contributed by atoms with Gasteiger partial charge in [0, 0.05) is 45.0 Å². The first-order chi connectivity index (χ1) is 14.1. The average molecular weight is 403 g/mol. The molecule has 29 heavy (non-hydrogen) atoms. The number of benzene rings is 1. The van der Waals surface area contributed by atoms with E-state index in [2.05, 4.69) is 20.6 Å². The van der Waals surface area contributed by atoms with E-state index in [-0.39, 0.29) is 11.7 Å². The number of hydrogen-bond donors (Lipinski definition) is 2. The molecule has 0 radical (unpaired) electrons. The van der Waals surface area contributed by atoms with Crippen LogP contribution in [0, 0.1) is 11.6 Å². The maximum atomic E-state index is 14.0. The van der Waals surface area contributed by atoms with Gasteiger partial charge in [-0.1, -0.05) is 19.1 Å². The Hall–Kier alpha value is -2.90. The Bertz CT molecular complexity index is 808. The average Bonchev–Trinajstić information content (AvgIpc) is 3.18. The fraction of sp³-hybridized carbons (Fsp3) is 0.429. The molecule has 0 bridgehead atoms. The highest BCUT2D eigenvalue weighted by Crippen LogP contribution is 2.26. The lowest BCUT2D eigenvalue weighted by Gasteiger charge is -2.21. The third-order valence-corrected chi connectivity index (χ3v) is 4.72. The van der Waals surface area contributed by atoms with Gasteiger partial charge >= 0.3 is 0 Å². The molecule has 0 aliphatic carbocycles. The highest BCUT2D eigenvalue weighted by molar-refractivity contribution is 5.80. The van der Waals surface area contributed by atoms with E-state index in [0.29, 0.717) is 38.1 Å². The van der Waals surface area contributed by atoms with Crippen LogP contribution in [0.15, 0.2) is 41.5 Å². The number of pyridine rings is 1. The van der Waals surface area contributed by atoms with Crippen molar-refractivity contribution < 1.29 is 13.5 Å². The second-order valence-corrected chi connectivity index (χ2v) is 6.93. The maximum absolute atomic E-state index is 14.0. The molecule has 1 saturated heterocycles. The Morgan fingerprint density at radius 3 is 2.72 bits per heavy atom. The van der Waals surface area contributed by atoms with Crippen molar-refractivity contribution in [3.05, 3.63) is 53.7 Å². The number of nitrogens with one attached hydrogen (secondary N) is 2. The van der Waals surface area contributed by atoms with Crippen LogP contribution in [-0.4, -0.2) is 43.7 Å². The molecule has 1 fully saturated rings. The summed E-state index contributed by atoms with van der Waals surface area (Å²) in [6.45, 7) is 4.34. The van der Waals surface area contributed by atoms with E-state index in [1.54, 1.807) is 18.1 Å². The molecule has 1 aliphatic rings. The molecule has 6 nitrogen and oxygen atoms in total. The number of rotatable bonds is 7. The van der Waals surface area contributed by atoms with Gasteiger partial charge in [0.25, 0.3) is 0 Å². The summed E-state index contributed by atoms with van der Waals surface area (Å²) >= 11 is 0. The number of ether oxygens (including phenoxy) is 1. The lowest BCUT2D eigenvalue weighted by Crippen LogP contribution is -2.44. The second kappa shape index (κ2) is 10.0. The zero-order chi connectivity index (χ0) is 20.6. The quantitative estimate of drug-likeness (QED) is 0.550. The monoisotopic (exact) mass is 403 g/mol. The number of halogens is 2. The molecule has 0 spiro atoms. The molecule has 8 heteroatoms. The Balaban J connectivity index is 1.50. The summed E-state index contributed by atoms with van der Waals surface area (Å²) in [5.41, 5.74) is 1.04. The molecule has 0 saturated carbocycles. The molecule has 2 aromatic rings. The standard InChI is InChI=1S/C21H27F2N5O/c1-3-11-29-19-8-7-15(12-25-19)13-26-21(24-2)27-16-9-10-28(14-16)20-17(22)5-4-6-18(20)23/h4-8,12,16H,3,9-11,13-14H2,1-2H3,(H2,24,26,27). The van der Waals surface area contributed by atoms with Crippen LogP contribution in [0.5, 0.6) is 5.88 Å². The van der Waals surface area contributed by atoms with Crippen molar-refractivity contribution in [2.45, 2.75) is 32.4 Å². The van der Waals surface area contributed by atoms with Crippen molar-refractivity contribution in [2.24, 2.45) is 4.99 Å². The predicted molar refractivity (Wildman–Crippen MR) is 110 cm³/mol. The van der Waals surface area contributed by atoms with Crippen molar-refractivity contribution in [3.8, 4) is 5.88 Å². The summed E-state index contributed by atoms with van der Waals surface area (Å²) in [5, 5.41) is 6.57. The molecule has 3 rings (SSSR count). The van der Waals surface area contributed by atoms with Gasteiger partial charge in [0.1, 0.15) is 17.3 Å². The minimum absolute atomic E-state index is 0.0382. The van der Waals surface area contributed by atoms with Crippen molar-refractivity contribution in [1.82, 2.24) is 15.6 Å². The Morgan fingerprint density at radius 2 is 2.07 bits per heavy atom. The van der Waals surface area contributed by atoms with E-state index < -0.39 is 11.6 Å². The predicted octanol–water partition coefficient (Wildman–Crippen LogP) is 3.09. The SMILES string of the molecule is CCCOc1ccc(CNC(=NC)NC2CCN(c3c(F)cccc3F)C2)cn1. The van der Waals surface area contributed by atoms with E-state index in [9.17, 15) is 8.78 Å². The Labute approximate surface area is 170 Å². The topological polar surface area (TPSA) is 61.8 Å². The third kappa shape index (κ3) is 5.56. The summed E-state index contributed by atoms with van der Waals surface area (Å²) in [7, 11) is 1.69. The van der Waals surface area contributed by atoms with Gasteiger partial charge < -0.3 is 20.3 Å². The maximum Gasteiger partial charge on any atom is 0.213 e. The van der Waals surface area contributed by atoms with Gasteiger partial charge in [-0.2, -0.15) is 0 Å². The first-order valence-electron chi connectivity index (χ1n) is 9.84. The fourth-order valence-electron chi connectivity index (χ4n) is 3.25. The number of para-hydroxylation sites is 1. The largest absolute Gasteiger partial charge is 0.478 e. The molecular weight excluding hydrogens is 376 g/mol. The van der Waals surface area contributed by atoms with Crippen LogP contribution < -0.4 is 20.3 Å². The number of anilines is 1. The highest BCUT2D eigenvalue weighted by atomic mass is 19.1. The smallest absolute Gasteiger partial charge is 0.213 e. The fourth-order valence-corrected chi connectivity index (χ4v) is 3.25. The Morgan fingerprint density at radius 1 is 1.28 bits per heavy atom. The zero-order valence-corrected chi connectivity index (χ0v) is 16.8. The van der Waals surface area contributed by atoms with Gasteiger partial charge in [-0.05, 0) is 30.5 Å². The van der Waals surface area contributed by atoms with Crippen molar-refractivity contribution >= 4 is 11.6 Å². The van der Waals surface area contributed by atoms with Crippen LogP contribution in [-0.2, 0) is 6.54 Å². The van der Waals surface area contributed by atoms with Crippen LogP contribution in [0.25, 0.3) is 0 Å². The van der Waals surface area contributed by atoms with Gasteiger partial charge in [0.15, 0.2) is 5.96 Å². The van der Waals surface area contributed by atoms with E-state index in [4.69, 9.17) is 4.74 Å². The number of guanidine groups is 1. The summed E-state index contributed by atoms with van der Waals surface area (Å²) in [6, 6.07) is 7.79. The third-order valence-electron chi connectivity index (χ3n) is 4.72. The number of aromatic nitrogens is 1. The molecule has 1 aromatic heterocycles. The molecule has 1 aliphatic heterocycles. The number of hydrogen-bond acceptors (Lipinski definition) is 4. The van der Waals surface area contributed by atoms with Crippen LogP contribution in [0.3, 0.4) is 0 Å². The van der Waals surface area contributed by atoms with Gasteiger partial charge in [-0.25, -0.2) is 13.8 Å². The van der Waals surface area contributed by atoms with Crippen molar-refractivity contribution in [2.75, 3.05) is 31.6 Å². The lowest BCUT2D eigenvalue weighted by molar-refractivity contribution is 0.305. The molecular formula is C21H27F2N5O. The highest BCUT2D eigenvalue weighted by Gasteiger charge is 2.27. The van der Waals surface area contributed by atoms with Crippen molar-refractivity contribution in [1.29, 1.82) is 0 Å². The zero-order valence-electron chi connectivity index (χ0n) is 16.8. The van der Waals surface area contributed by atoms with E-state index in [1.165, 1.54) is 18.2 Å². The van der Waals surface area contributed by atoms with Crippen LogP contribution in [0.1, 0.15) is 25.3 Å². The molecule has 2 N–H and O–H groups in total. The van der Waals surface area contributed by atoms with Crippen LogP contribution >= 0.6 is 0 Å². The van der Waals surface area contributed by atoms with Gasteiger partial charge in [-0.3, -0.25) is 4.99 Å². The van der Waals surface area contributed by atoms with Crippen LogP contribution in [0.2, 0.25) is 0 Å². The minimum atomic E-state index is -0.535. The first kappa shape index (κ1) is 20.8. The van der Waals surface area contributed by atoms with Gasteiger partial charge in [0.2, 0.25) is 5.88 Å². The summed E-state index contributed by atoms with van der Waals surface area (Å²) < 4.78 is 33.5. The summed E-state index contributed by atoms with van der Waals surface area (Å²) in [4.78, 5) is 10.3. The number of aliphatic imine (C=N–C) groups is 1. The van der Waals surface area contributed by atoms with E-state index in [1.807, 2.05) is 19.1 Å². The second-order valence-electron chi connectivity index (χ2n) is 6.93. The van der Waals surface area contributed by atoms with Crippen LogP contribution in [0.4, 0.5) is 14.5 Å². The lowest BCUT2D eigenvalue weighted by atomic mass is 10.2. The van der Waals surface area contributed by atoms with Gasteiger partial charge in [-0.15, -0.1) is 0 Å². The summed E-state index contributed by atoms with van der Waals surface area (Å²) in [6.07, 6.45) is 3.47. The Kier molecular flexibility index (Phi) is 7.21. The molecule has 2 heterocycles. The summed E-state index contributed by atoms with van der Waals surface area (Å²) in [5.74, 6) is 0.181. The molecule has 1 aromatic carbocycles. The normalized spacial score (nSPS) is 16.8. The molecule has 0 amide bonds. The van der Waals surface area contributed by atoms with Crippen molar-refractivity contribution in [3.63, 3.8) is 0 Å². The van der Waals surface area contributed by atoms with E-state index in [0.717, 1.165) is 18.4 Å². The number of nitrogens with zero attached hydrogens (tertiary/aromatic N) is 3. The minimum Gasteiger partial charge on any atom is -0.478 e.